The number of nitrogens with zero attached hydrogens (tertiary/aromatic N) is 2. The molecule has 0 spiro atoms. The van der Waals surface area contributed by atoms with Crippen LogP contribution in [0.2, 0.25) is 0 Å². The number of piperazine rings is 1. The lowest BCUT2D eigenvalue weighted by molar-refractivity contribution is -0.123. The monoisotopic (exact) mass is 348 g/mol. The van der Waals surface area contributed by atoms with E-state index in [-0.39, 0.29) is 12.0 Å². The zero-order chi connectivity index (χ0) is 18.1. The average Bonchev–Trinajstić information content (AvgIpc) is 2.64. The van der Waals surface area contributed by atoms with E-state index in [1.54, 1.807) is 7.11 Å². The fourth-order valence-electron chi connectivity index (χ4n) is 3.13. The molecule has 1 fully saturated rings. The van der Waals surface area contributed by atoms with Crippen LogP contribution in [0.1, 0.15) is 18.4 Å². The number of nitrogens with one attached hydrogen (secondary N) is 1. The number of hydrogen-bond donors (Lipinski definition) is 2. The van der Waals surface area contributed by atoms with Gasteiger partial charge in [0, 0.05) is 52.1 Å². The van der Waals surface area contributed by atoms with E-state index in [0.29, 0.717) is 19.5 Å². The summed E-state index contributed by atoms with van der Waals surface area (Å²) in [6.45, 7) is 8.49. The third-order valence-electron chi connectivity index (χ3n) is 4.72. The number of carbonyl (C=O) groups excluding carboxylic acids is 1. The van der Waals surface area contributed by atoms with Crippen molar-refractivity contribution in [3.05, 3.63) is 29.8 Å². The van der Waals surface area contributed by atoms with Crippen LogP contribution in [0.25, 0.3) is 0 Å². The van der Waals surface area contributed by atoms with Gasteiger partial charge in [-0.2, -0.15) is 0 Å². The lowest BCUT2D eigenvalue weighted by Crippen LogP contribution is -2.47. The van der Waals surface area contributed by atoms with Gasteiger partial charge in [-0.3, -0.25) is 9.69 Å². The van der Waals surface area contributed by atoms with E-state index in [1.807, 2.05) is 0 Å². The van der Waals surface area contributed by atoms with Crippen molar-refractivity contribution in [1.82, 2.24) is 10.2 Å². The van der Waals surface area contributed by atoms with Crippen LogP contribution in [0.3, 0.4) is 0 Å². The van der Waals surface area contributed by atoms with Gasteiger partial charge in [0.05, 0.1) is 12.5 Å². The van der Waals surface area contributed by atoms with E-state index in [0.717, 1.165) is 39.1 Å². The zero-order valence-corrected chi connectivity index (χ0v) is 15.5. The molecule has 1 aliphatic rings. The van der Waals surface area contributed by atoms with Crippen molar-refractivity contribution in [2.75, 3.05) is 57.8 Å². The SMILES string of the molecule is COC(CN)CC(=O)NCCCN1CCN(c2cccc(C)c2)CC1. The summed E-state index contributed by atoms with van der Waals surface area (Å²) in [7, 11) is 1.58. The first kappa shape index (κ1) is 19.7. The molecule has 1 aromatic rings. The third kappa shape index (κ3) is 6.65. The number of rotatable bonds is 9. The number of amides is 1. The van der Waals surface area contributed by atoms with Gasteiger partial charge >= 0.3 is 0 Å². The summed E-state index contributed by atoms with van der Waals surface area (Å²) in [5.41, 5.74) is 8.16. The standard InChI is InChI=1S/C19H32N4O2/c1-16-5-3-6-17(13-16)23-11-9-22(10-12-23)8-4-7-21-19(24)14-18(15-20)25-2/h3,5-6,13,18H,4,7-12,14-15,20H2,1-2H3,(H,21,24). The molecule has 1 aromatic carbocycles. The zero-order valence-electron chi connectivity index (χ0n) is 15.5. The summed E-state index contributed by atoms with van der Waals surface area (Å²) in [6, 6.07) is 8.70. The lowest BCUT2D eigenvalue weighted by atomic mass is 10.2. The van der Waals surface area contributed by atoms with Crippen LogP contribution in [0.4, 0.5) is 5.69 Å². The summed E-state index contributed by atoms with van der Waals surface area (Å²) in [5, 5.41) is 2.95. The molecule has 2 rings (SSSR count). The molecule has 1 atom stereocenters. The molecule has 0 radical (unpaired) electrons. The highest BCUT2D eigenvalue weighted by atomic mass is 16.5. The largest absolute Gasteiger partial charge is 0.380 e. The molecule has 6 nitrogen and oxygen atoms in total. The molecule has 3 N–H and O–H groups in total. The summed E-state index contributed by atoms with van der Waals surface area (Å²) in [5.74, 6) is 0.0153. The molecular weight excluding hydrogens is 316 g/mol. The number of methoxy groups -OCH3 is 1. The number of benzene rings is 1. The molecule has 140 valence electrons. The maximum atomic E-state index is 11.8. The minimum Gasteiger partial charge on any atom is -0.380 e. The molecule has 0 aromatic heterocycles. The van der Waals surface area contributed by atoms with Crippen molar-refractivity contribution in [3.63, 3.8) is 0 Å². The topological polar surface area (TPSA) is 70.8 Å². The molecule has 6 heteroatoms. The minimum absolute atomic E-state index is 0.0153. The van der Waals surface area contributed by atoms with Crippen molar-refractivity contribution in [2.24, 2.45) is 5.73 Å². The predicted octanol–water partition coefficient (Wildman–Crippen LogP) is 0.987. The molecule has 1 amide bonds. The maximum Gasteiger partial charge on any atom is 0.222 e. The second-order valence-electron chi connectivity index (χ2n) is 6.67. The first-order valence-electron chi connectivity index (χ1n) is 9.16. The number of anilines is 1. The quantitative estimate of drug-likeness (QED) is 0.651. The minimum atomic E-state index is -0.185. The molecule has 1 saturated heterocycles. The Morgan fingerprint density at radius 2 is 2.08 bits per heavy atom. The maximum absolute atomic E-state index is 11.8. The normalized spacial score (nSPS) is 16.7. The summed E-state index contributed by atoms with van der Waals surface area (Å²) in [4.78, 5) is 16.7. The summed E-state index contributed by atoms with van der Waals surface area (Å²) >= 11 is 0. The van der Waals surface area contributed by atoms with Crippen LogP contribution >= 0.6 is 0 Å². The highest BCUT2D eigenvalue weighted by molar-refractivity contribution is 5.76. The Hall–Kier alpha value is -1.63. The van der Waals surface area contributed by atoms with Crippen molar-refractivity contribution < 1.29 is 9.53 Å². The van der Waals surface area contributed by atoms with Crippen molar-refractivity contribution in [1.29, 1.82) is 0 Å². The number of aryl methyl sites for hydroxylation is 1. The van der Waals surface area contributed by atoms with Gasteiger partial charge < -0.3 is 20.7 Å². The first-order valence-corrected chi connectivity index (χ1v) is 9.16. The molecule has 25 heavy (non-hydrogen) atoms. The molecular formula is C19H32N4O2. The van der Waals surface area contributed by atoms with Crippen molar-refractivity contribution >= 4 is 11.6 Å². The molecule has 1 heterocycles. The third-order valence-corrected chi connectivity index (χ3v) is 4.72. The second-order valence-corrected chi connectivity index (χ2v) is 6.67. The number of carbonyl (C=O) groups is 1. The summed E-state index contributed by atoms with van der Waals surface area (Å²) < 4.78 is 5.13. The van der Waals surface area contributed by atoms with Crippen LogP contribution < -0.4 is 16.0 Å². The second kappa shape index (κ2) is 10.4. The van der Waals surface area contributed by atoms with E-state index < -0.39 is 0 Å². The van der Waals surface area contributed by atoms with Gasteiger partial charge in [0.15, 0.2) is 0 Å². The van der Waals surface area contributed by atoms with E-state index in [4.69, 9.17) is 10.5 Å². The molecule has 0 aliphatic carbocycles. The number of hydrogen-bond acceptors (Lipinski definition) is 5. The van der Waals surface area contributed by atoms with Gasteiger partial charge in [0.1, 0.15) is 0 Å². The van der Waals surface area contributed by atoms with Gasteiger partial charge in [-0.25, -0.2) is 0 Å². The fourth-order valence-corrected chi connectivity index (χ4v) is 3.13. The van der Waals surface area contributed by atoms with Gasteiger partial charge in [-0.05, 0) is 37.6 Å². The number of ether oxygens (including phenoxy) is 1. The average molecular weight is 348 g/mol. The lowest BCUT2D eigenvalue weighted by Gasteiger charge is -2.36. The Labute approximate surface area is 151 Å². The van der Waals surface area contributed by atoms with Crippen LogP contribution in [0.5, 0.6) is 0 Å². The van der Waals surface area contributed by atoms with E-state index in [2.05, 4.69) is 46.3 Å². The molecule has 1 unspecified atom stereocenters. The molecule has 0 bridgehead atoms. The smallest absolute Gasteiger partial charge is 0.222 e. The van der Waals surface area contributed by atoms with Gasteiger partial charge in [-0.15, -0.1) is 0 Å². The van der Waals surface area contributed by atoms with Gasteiger partial charge in [0.25, 0.3) is 0 Å². The number of nitrogens with two attached hydrogens (primary N) is 1. The fraction of sp³-hybridized carbons (Fsp3) is 0.632. The van der Waals surface area contributed by atoms with E-state index in [9.17, 15) is 4.79 Å². The highest BCUT2D eigenvalue weighted by Gasteiger charge is 2.17. The molecule has 0 saturated carbocycles. The first-order chi connectivity index (χ1) is 12.1. The van der Waals surface area contributed by atoms with Gasteiger partial charge in [-0.1, -0.05) is 12.1 Å². The van der Waals surface area contributed by atoms with E-state index in [1.165, 1.54) is 11.3 Å². The Balaban J connectivity index is 1.60. The van der Waals surface area contributed by atoms with Crippen LogP contribution in [-0.2, 0) is 9.53 Å². The Morgan fingerprint density at radius 3 is 2.72 bits per heavy atom. The van der Waals surface area contributed by atoms with Crippen molar-refractivity contribution in [2.45, 2.75) is 25.9 Å². The Bertz CT molecular complexity index is 526. The highest BCUT2D eigenvalue weighted by Crippen LogP contribution is 2.17. The van der Waals surface area contributed by atoms with Crippen molar-refractivity contribution in [3.8, 4) is 0 Å². The molecule has 1 aliphatic heterocycles. The van der Waals surface area contributed by atoms with E-state index >= 15 is 0 Å². The van der Waals surface area contributed by atoms with Crippen LogP contribution in [0, 0.1) is 6.92 Å². The van der Waals surface area contributed by atoms with Crippen LogP contribution in [0.15, 0.2) is 24.3 Å². The Kier molecular flexibility index (Phi) is 8.18. The van der Waals surface area contributed by atoms with Gasteiger partial charge in [0.2, 0.25) is 5.91 Å². The predicted molar refractivity (Wildman–Crippen MR) is 102 cm³/mol. The Morgan fingerprint density at radius 1 is 1.32 bits per heavy atom. The summed E-state index contributed by atoms with van der Waals surface area (Å²) in [6.07, 6.45) is 1.12. The van der Waals surface area contributed by atoms with Crippen LogP contribution in [-0.4, -0.2) is 69.8 Å².